The first-order valence-corrected chi connectivity index (χ1v) is 6.74. The van der Waals surface area contributed by atoms with Crippen LogP contribution in [0.15, 0.2) is 30.3 Å². The molecule has 1 saturated heterocycles. The molecule has 0 aromatic heterocycles. The molecule has 1 aliphatic rings. The van der Waals surface area contributed by atoms with E-state index in [2.05, 4.69) is 0 Å². The third-order valence-electron chi connectivity index (χ3n) is 3.50. The summed E-state index contributed by atoms with van der Waals surface area (Å²) in [5.41, 5.74) is 1.08. The lowest BCUT2D eigenvalue weighted by atomic mass is 9.99. The fourth-order valence-corrected chi connectivity index (χ4v) is 2.41. The number of rotatable bonds is 4. The zero-order valence-electron chi connectivity index (χ0n) is 11.5. The minimum Gasteiger partial charge on any atom is -0.480 e. The molecule has 1 N–H and O–H groups in total. The number of carbonyl (C=O) groups is 2. The van der Waals surface area contributed by atoms with E-state index in [9.17, 15) is 9.59 Å². The normalized spacial score (nSPS) is 20.4. The molecule has 1 aliphatic heterocycles. The summed E-state index contributed by atoms with van der Waals surface area (Å²) in [6.07, 6.45) is 0.614. The highest BCUT2D eigenvalue weighted by molar-refractivity contribution is 5.85. The summed E-state index contributed by atoms with van der Waals surface area (Å²) in [5, 5.41) is 9.16. The molecule has 5 nitrogen and oxygen atoms in total. The first-order chi connectivity index (χ1) is 9.59. The van der Waals surface area contributed by atoms with Crippen LogP contribution in [0.1, 0.15) is 12.5 Å². The molecule has 0 radical (unpaired) electrons. The average Bonchev–Trinajstić information content (AvgIpc) is 2.47. The Labute approximate surface area is 118 Å². The number of aliphatic carboxylic acids is 1. The van der Waals surface area contributed by atoms with Crippen molar-refractivity contribution in [2.75, 3.05) is 19.8 Å². The van der Waals surface area contributed by atoms with Gasteiger partial charge in [-0.05, 0) is 12.0 Å². The van der Waals surface area contributed by atoms with Crippen molar-refractivity contribution >= 4 is 11.9 Å². The van der Waals surface area contributed by atoms with Crippen molar-refractivity contribution in [1.29, 1.82) is 0 Å². The Bertz CT molecular complexity index is 474. The summed E-state index contributed by atoms with van der Waals surface area (Å²) in [6.45, 7) is 2.64. The second kappa shape index (κ2) is 6.52. The number of amides is 1. The van der Waals surface area contributed by atoms with E-state index in [0.29, 0.717) is 19.6 Å². The molecule has 0 spiro atoms. The van der Waals surface area contributed by atoms with Crippen molar-refractivity contribution in [2.45, 2.75) is 19.4 Å². The Morgan fingerprint density at radius 2 is 2.10 bits per heavy atom. The van der Waals surface area contributed by atoms with E-state index in [1.54, 1.807) is 0 Å². The van der Waals surface area contributed by atoms with Crippen LogP contribution in [0.2, 0.25) is 0 Å². The van der Waals surface area contributed by atoms with E-state index in [1.165, 1.54) is 4.90 Å². The third-order valence-corrected chi connectivity index (χ3v) is 3.50. The van der Waals surface area contributed by atoms with Crippen LogP contribution in [-0.2, 0) is 20.7 Å². The molecule has 2 atom stereocenters. The zero-order chi connectivity index (χ0) is 14.5. The quantitative estimate of drug-likeness (QED) is 0.897. The van der Waals surface area contributed by atoms with Crippen LogP contribution < -0.4 is 0 Å². The van der Waals surface area contributed by atoms with Gasteiger partial charge in [-0.3, -0.25) is 4.79 Å². The lowest BCUT2D eigenvalue weighted by Crippen LogP contribution is -2.54. The van der Waals surface area contributed by atoms with Crippen molar-refractivity contribution in [1.82, 2.24) is 4.90 Å². The van der Waals surface area contributed by atoms with Gasteiger partial charge in [-0.25, -0.2) is 4.79 Å². The highest BCUT2D eigenvalue weighted by atomic mass is 16.5. The predicted octanol–water partition coefficient (Wildman–Crippen LogP) is 1.18. The van der Waals surface area contributed by atoms with Gasteiger partial charge >= 0.3 is 5.97 Å². The number of carboxylic acids is 1. The molecule has 0 unspecified atom stereocenters. The molecule has 0 bridgehead atoms. The minimum atomic E-state index is -1.01. The van der Waals surface area contributed by atoms with Gasteiger partial charge < -0.3 is 14.7 Å². The van der Waals surface area contributed by atoms with E-state index in [4.69, 9.17) is 9.84 Å². The van der Waals surface area contributed by atoms with Crippen molar-refractivity contribution in [3.05, 3.63) is 35.9 Å². The van der Waals surface area contributed by atoms with E-state index in [0.717, 1.165) is 5.56 Å². The second-order valence-corrected chi connectivity index (χ2v) is 5.05. The van der Waals surface area contributed by atoms with Crippen LogP contribution in [0.4, 0.5) is 0 Å². The van der Waals surface area contributed by atoms with Crippen molar-refractivity contribution in [3.63, 3.8) is 0 Å². The van der Waals surface area contributed by atoms with Gasteiger partial charge in [0.1, 0.15) is 0 Å². The maximum Gasteiger partial charge on any atom is 0.328 e. The van der Waals surface area contributed by atoms with Crippen LogP contribution in [-0.4, -0.2) is 47.7 Å². The summed E-state index contributed by atoms with van der Waals surface area (Å²) in [4.78, 5) is 25.0. The van der Waals surface area contributed by atoms with Crippen molar-refractivity contribution in [2.24, 2.45) is 5.92 Å². The van der Waals surface area contributed by atoms with Crippen molar-refractivity contribution in [3.8, 4) is 0 Å². The molecule has 0 saturated carbocycles. The van der Waals surface area contributed by atoms with Gasteiger partial charge in [-0.2, -0.15) is 0 Å². The third kappa shape index (κ3) is 3.36. The predicted molar refractivity (Wildman–Crippen MR) is 73.3 cm³/mol. The van der Waals surface area contributed by atoms with Gasteiger partial charge in [0.15, 0.2) is 6.04 Å². The molecular weight excluding hydrogens is 258 g/mol. The minimum absolute atomic E-state index is 0.0686. The van der Waals surface area contributed by atoms with E-state index >= 15 is 0 Å². The molecular formula is C15H19NO4. The Balaban J connectivity index is 2.03. The number of nitrogens with zero attached hydrogens (tertiary/aromatic N) is 1. The number of hydrogen-bond donors (Lipinski definition) is 1. The summed E-state index contributed by atoms with van der Waals surface area (Å²) >= 11 is 0. The Kier molecular flexibility index (Phi) is 4.74. The maximum absolute atomic E-state index is 12.4. The summed E-state index contributed by atoms with van der Waals surface area (Å²) in [5.74, 6) is -1.37. The van der Waals surface area contributed by atoms with Gasteiger partial charge in [0.2, 0.25) is 5.91 Å². The number of hydrogen-bond acceptors (Lipinski definition) is 3. The summed E-state index contributed by atoms with van der Waals surface area (Å²) < 4.78 is 5.15. The molecule has 20 heavy (non-hydrogen) atoms. The number of carboxylic acid groups (broad SMARTS) is 1. The van der Waals surface area contributed by atoms with Gasteiger partial charge in [-0.1, -0.05) is 37.3 Å². The van der Waals surface area contributed by atoms with E-state index < -0.39 is 12.0 Å². The smallest absolute Gasteiger partial charge is 0.328 e. The Morgan fingerprint density at radius 3 is 2.75 bits per heavy atom. The van der Waals surface area contributed by atoms with Gasteiger partial charge in [0.05, 0.1) is 13.2 Å². The SMILES string of the molecule is C[C@H](Cc1ccccc1)C(=O)N1CCOC[C@H]1C(=O)O. The topological polar surface area (TPSA) is 66.8 Å². The second-order valence-electron chi connectivity index (χ2n) is 5.05. The van der Waals surface area contributed by atoms with Gasteiger partial charge in [0.25, 0.3) is 0 Å². The lowest BCUT2D eigenvalue weighted by molar-refractivity contribution is -0.160. The largest absolute Gasteiger partial charge is 0.480 e. The molecule has 1 aromatic carbocycles. The highest BCUT2D eigenvalue weighted by Gasteiger charge is 2.34. The molecule has 108 valence electrons. The fraction of sp³-hybridized carbons (Fsp3) is 0.467. The maximum atomic E-state index is 12.4. The number of benzene rings is 1. The monoisotopic (exact) mass is 277 g/mol. The van der Waals surface area contributed by atoms with Crippen LogP contribution in [0.25, 0.3) is 0 Å². The Morgan fingerprint density at radius 1 is 1.40 bits per heavy atom. The number of carbonyl (C=O) groups excluding carboxylic acids is 1. The van der Waals surface area contributed by atoms with Crippen LogP contribution in [0.3, 0.4) is 0 Å². The van der Waals surface area contributed by atoms with E-state index in [-0.39, 0.29) is 18.4 Å². The molecule has 1 heterocycles. The fourth-order valence-electron chi connectivity index (χ4n) is 2.41. The first-order valence-electron chi connectivity index (χ1n) is 6.74. The molecule has 1 fully saturated rings. The Hall–Kier alpha value is -1.88. The zero-order valence-corrected chi connectivity index (χ0v) is 11.5. The number of morpholine rings is 1. The first kappa shape index (κ1) is 14.5. The van der Waals surface area contributed by atoms with Gasteiger partial charge in [0, 0.05) is 12.5 Å². The lowest BCUT2D eigenvalue weighted by Gasteiger charge is -2.34. The molecule has 5 heteroatoms. The summed E-state index contributed by atoms with van der Waals surface area (Å²) in [7, 11) is 0. The van der Waals surface area contributed by atoms with Gasteiger partial charge in [-0.15, -0.1) is 0 Å². The molecule has 1 amide bonds. The standard InChI is InChI=1S/C15H19NO4/c1-11(9-12-5-3-2-4-6-12)14(17)16-7-8-20-10-13(16)15(18)19/h2-6,11,13H,7-10H2,1H3,(H,18,19)/t11-,13+/m1/s1. The van der Waals surface area contributed by atoms with Crippen LogP contribution >= 0.6 is 0 Å². The van der Waals surface area contributed by atoms with Crippen LogP contribution in [0, 0.1) is 5.92 Å². The van der Waals surface area contributed by atoms with Crippen molar-refractivity contribution < 1.29 is 19.4 Å². The number of ether oxygens (including phenoxy) is 1. The highest BCUT2D eigenvalue weighted by Crippen LogP contribution is 2.16. The average molecular weight is 277 g/mol. The summed E-state index contributed by atoms with van der Waals surface area (Å²) in [6, 6.07) is 8.87. The van der Waals surface area contributed by atoms with Crippen LogP contribution in [0.5, 0.6) is 0 Å². The van der Waals surface area contributed by atoms with E-state index in [1.807, 2.05) is 37.3 Å². The molecule has 2 rings (SSSR count). The molecule has 1 aromatic rings. The molecule has 0 aliphatic carbocycles.